The Morgan fingerprint density at radius 1 is 1.42 bits per heavy atom. The van der Waals surface area contributed by atoms with Crippen LogP contribution < -0.4 is 0 Å². The van der Waals surface area contributed by atoms with E-state index in [1.807, 2.05) is 12.1 Å². The number of phenols is 1. The smallest absolute Gasteiger partial charge is 0.151 e. The summed E-state index contributed by atoms with van der Waals surface area (Å²) in [5.41, 5.74) is 0. The van der Waals surface area contributed by atoms with Crippen molar-refractivity contribution in [2.45, 2.75) is 0 Å². The van der Waals surface area contributed by atoms with Crippen LogP contribution in [0.5, 0.6) is 5.75 Å². The van der Waals surface area contributed by atoms with Crippen molar-refractivity contribution in [1.29, 1.82) is 0 Å². The summed E-state index contributed by atoms with van der Waals surface area (Å²) in [6.45, 7) is 0. The van der Waals surface area contributed by atoms with E-state index >= 15 is 0 Å². The molecule has 1 aromatic heterocycles. The first kappa shape index (κ1) is 8.59. The fraction of sp³-hybridized carbons (Fsp3) is 0. The van der Waals surface area contributed by atoms with Gasteiger partial charge in [-0.2, -0.15) is 0 Å². The van der Waals surface area contributed by atoms with Gasteiger partial charge in [0.2, 0.25) is 0 Å². The van der Waals surface area contributed by atoms with Crippen LogP contribution in [0.15, 0.2) is 18.2 Å². The van der Waals surface area contributed by atoms with Crippen LogP contribution in [-0.4, -0.2) is 5.11 Å². The summed E-state index contributed by atoms with van der Waals surface area (Å²) < 4.78 is 2.02. The van der Waals surface area contributed by atoms with Crippen molar-refractivity contribution in [2.24, 2.45) is 0 Å². The lowest BCUT2D eigenvalue weighted by Gasteiger charge is -1.95. The maximum absolute atomic E-state index is 9.55. The molecule has 1 aromatic carbocycles. The van der Waals surface area contributed by atoms with Crippen molar-refractivity contribution in [3.05, 3.63) is 26.1 Å². The van der Waals surface area contributed by atoms with Crippen molar-refractivity contribution in [3.63, 3.8) is 0 Å². The minimum atomic E-state index is 0.196. The number of hydrogen-bond donors (Lipinski definition) is 1. The van der Waals surface area contributed by atoms with Crippen LogP contribution in [0.2, 0.25) is 5.02 Å². The average molecular weight is 311 g/mol. The van der Waals surface area contributed by atoms with E-state index in [4.69, 9.17) is 11.6 Å². The zero-order chi connectivity index (χ0) is 8.72. The van der Waals surface area contributed by atoms with Gasteiger partial charge in [-0.3, -0.25) is 0 Å². The first-order valence-corrected chi connectivity index (χ1v) is 5.52. The molecule has 0 aliphatic rings. The molecule has 0 unspecified atom stereocenters. The number of phenolic OH excluding ortho intramolecular Hbond substituents is 1. The molecule has 0 saturated heterocycles. The molecule has 2 aromatic rings. The summed E-state index contributed by atoms with van der Waals surface area (Å²) in [6, 6.07) is 5.65. The van der Waals surface area contributed by atoms with Crippen molar-refractivity contribution >= 4 is 55.6 Å². The minimum Gasteiger partial charge on any atom is -0.505 e. The third-order valence-electron chi connectivity index (χ3n) is 1.58. The molecule has 1 nitrogen and oxygen atoms in total. The molecule has 0 fully saturated rings. The molecule has 12 heavy (non-hydrogen) atoms. The molecule has 2 rings (SSSR count). The highest BCUT2D eigenvalue weighted by Crippen LogP contribution is 2.37. The van der Waals surface area contributed by atoms with Crippen LogP contribution in [0.25, 0.3) is 10.1 Å². The van der Waals surface area contributed by atoms with Gasteiger partial charge in [0.25, 0.3) is 0 Å². The van der Waals surface area contributed by atoms with E-state index in [0.29, 0.717) is 5.02 Å². The molecule has 0 atom stereocenters. The molecule has 0 amide bonds. The van der Waals surface area contributed by atoms with E-state index in [-0.39, 0.29) is 5.75 Å². The number of benzene rings is 1. The van der Waals surface area contributed by atoms with Crippen molar-refractivity contribution in [1.82, 2.24) is 0 Å². The summed E-state index contributed by atoms with van der Waals surface area (Å²) in [5.74, 6) is 0.196. The Morgan fingerprint density at radius 2 is 2.17 bits per heavy atom. The van der Waals surface area contributed by atoms with Crippen molar-refractivity contribution < 1.29 is 5.11 Å². The molecule has 0 spiro atoms. The predicted molar refractivity (Wildman–Crippen MR) is 61.2 cm³/mol. The summed E-state index contributed by atoms with van der Waals surface area (Å²) in [4.78, 5) is 0. The van der Waals surface area contributed by atoms with Gasteiger partial charge >= 0.3 is 0 Å². The van der Waals surface area contributed by atoms with Crippen LogP contribution in [0.3, 0.4) is 0 Å². The molecular formula is C8H4ClIOS. The Morgan fingerprint density at radius 3 is 2.92 bits per heavy atom. The molecule has 4 heteroatoms. The normalized spacial score (nSPS) is 10.8. The van der Waals surface area contributed by atoms with Crippen LogP contribution in [0, 0.1) is 2.88 Å². The molecule has 0 saturated carbocycles. The summed E-state index contributed by atoms with van der Waals surface area (Å²) in [6.07, 6.45) is 0. The molecule has 1 N–H and O–H groups in total. The van der Waals surface area contributed by atoms with Gasteiger partial charge in [0.15, 0.2) is 5.75 Å². The van der Waals surface area contributed by atoms with Crippen molar-refractivity contribution in [3.8, 4) is 5.75 Å². The third kappa shape index (κ3) is 1.30. The van der Waals surface area contributed by atoms with Crippen LogP contribution >= 0.6 is 45.5 Å². The number of halogens is 2. The lowest BCUT2D eigenvalue weighted by molar-refractivity contribution is 0.483. The number of fused-ring (bicyclic) bond motifs is 1. The van der Waals surface area contributed by atoms with Gasteiger partial charge in [-0.1, -0.05) is 17.7 Å². The van der Waals surface area contributed by atoms with Gasteiger partial charge in [0.05, 0.1) is 12.6 Å². The molecule has 0 bridgehead atoms. The van der Waals surface area contributed by atoms with Gasteiger partial charge < -0.3 is 5.11 Å². The predicted octanol–water partition coefficient (Wildman–Crippen LogP) is 3.86. The van der Waals surface area contributed by atoms with Gasteiger partial charge in [-0.25, -0.2) is 0 Å². The third-order valence-corrected chi connectivity index (χ3v) is 3.80. The van der Waals surface area contributed by atoms with Gasteiger partial charge in [0, 0.05) is 0 Å². The summed E-state index contributed by atoms with van der Waals surface area (Å²) in [7, 11) is 0. The maximum Gasteiger partial charge on any atom is 0.151 e. The van der Waals surface area contributed by atoms with E-state index in [0.717, 1.165) is 13.0 Å². The number of aromatic hydroxyl groups is 1. The maximum atomic E-state index is 9.55. The molecule has 0 radical (unpaired) electrons. The highest BCUT2D eigenvalue weighted by molar-refractivity contribution is 14.1. The molecule has 0 aliphatic carbocycles. The second kappa shape index (κ2) is 3.05. The fourth-order valence-corrected chi connectivity index (χ4v) is 3.07. The van der Waals surface area contributed by atoms with Crippen LogP contribution in [0.1, 0.15) is 0 Å². The van der Waals surface area contributed by atoms with Gasteiger partial charge in [-0.05, 0) is 40.1 Å². The lowest BCUT2D eigenvalue weighted by Crippen LogP contribution is -1.67. The summed E-state index contributed by atoms with van der Waals surface area (Å²) >= 11 is 9.52. The van der Waals surface area contributed by atoms with E-state index < -0.39 is 0 Å². The zero-order valence-electron chi connectivity index (χ0n) is 5.84. The number of rotatable bonds is 0. The molecule has 1 heterocycles. The average Bonchev–Trinajstić information content (AvgIpc) is 2.39. The molecule has 0 aliphatic heterocycles. The minimum absolute atomic E-state index is 0.196. The first-order valence-electron chi connectivity index (χ1n) is 3.25. The number of hydrogen-bond acceptors (Lipinski definition) is 2. The van der Waals surface area contributed by atoms with E-state index in [9.17, 15) is 5.11 Å². The largest absolute Gasteiger partial charge is 0.505 e. The monoisotopic (exact) mass is 310 g/mol. The lowest BCUT2D eigenvalue weighted by atomic mass is 10.2. The van der Waals surface area contributed by atoms with Crippen LogP contribution in [0.4, 0.5) is 0 Å². The highest BCUT2D eigenvalue weighted by Gasteiger charge is 2.06. The Hall–Kier alpha value is -0.0000000000000000833. The van der Waals surface area contributed by atoms with Crippen LogP contribution in [-0.2, 0) is 0 Å². The van der Waals surface area contributed by atoms with E-state index in [2.05, 4.69) is 22.6 Å². The van der Waals surface area contributed by atoms with Gasteiger partial charge in [0.1, 0.15) is 0 Å². The fourth-order valence-electron chi connectivity index (χ4n) is 1.03. The second-order valence-corrected chi connectivity index (χ2v) is 5.72. The Balaban J connectivity index is 2.89. The number of thiophene rings is 1. The first-order chi connectivity index (χ1) is 5.68. The Kier molecular flexibility index (Phi) is 2.18. The summed E-state index contributed by atoms with van der Waals surface area (Å²) in [5, 5.41) is 11.0. The van der Waals surface area contributed by atoms with E-state index in [1.54, 1.807) is 17.4 Å². The van der Waals surface area contributed by atoms with Crippen molar-refractivity contribution in [2.75, 3.05) is 0 Å². The zero-order valence-corrected chi connectivity index (χ0v) is 9.57. The second-order valence-electron chi connectivity index (χ2n) is 2.36. The van der Waals surface area contributed by atoms with Gasteiger partial charge in [-0.15, -0.1) is 11.3 Å². The quantitative estimate of drug-likeness (QED) is 0.733. The highest BCUT2D eigenvalue weighted by atomic mass is 127. The molecule has 62 valence electrons. The topological polar surface area (TPSA) is 20.2 Å². The van der Waals surface area contributed by atoms with E-state index in [1.165, 1.54) is 0 Å². The molecular weight excluding hydrogens is 307 g/mol. The Bertz CT molecular complexity index is 438. The Labute approximate surface area is 92.1 Å². The standard InChI is InChI=1S/C8H4ClIOS/c9-5-2-1-4-3-6(10)12-8(4)7(5)11/h1-3,11H. The SMILES string of the molecule is Oc1c(Cl)ccc2cc(I)sc12.